The molecule has 0 N–H and O–H groups in total. The molecule has 0 bridgehead atoms. The fourth-order valence-corrected chi connectivity index (χ4v) is 2.47. The number of hydrogen-bond donors (Lipinski definition) is 0. The van der Waals surface area contributed by atoms with E-state index in [4.69, 9.17) is 0 Å². The second kappa shape index (κ2) is 3.23. The lowest BCUT2D eigenvalue weighted by Crippen LogP contribution is -2.22. The largest absolute Gasteiger partial charge is 0.326 e. The van der Waals surface area contributed by atoms with Gasteiger partial charge in [-0.25, -0.2) is 9.55 Å². The Morgan fingerprint density at radius 1 is 1.15 bits per heavy atom. The van der Waals surface area contributed by atoms with Crippen LogP contribution in [0.4, 0.5) is 0 Å². The molecule has 0 aliphatic carbocycles. The molecule has 0 amide bonds. The Labute approximate surface area is 80.1 Å². The monoisotopic (exact) mass is 212 g/mol. The van der Waals surface area contributed by atoms with Crippen molar-refractivity contribution in [2.24, 2.45) is 0 Å². The highest BCUT2D eigenvalue weighted by Crippen LogP contribution is 1.99. The molecule has 0 radical (unpaired) electrons. The third-order valence-corrected chi connectivity index (χ3v) is 3.27. The highest BCUT2D eigenvalue weighted by atomic mass is 32.9. The summed E-state index contributed by atoms with van der Waals surface area (Å²) in [6.07, 6.45) is 1.55. The number of hydrogen-bond acceptors (Lipinski definition) is 5. The maximum Gasteiger partial charge on any atom is 0.326 e. The van der Waals surface area contributed by atoms with Crippen molar-refractivity contribution in [2.45, 2.75) is 0 Å². The number of rotatable bonds is 1. The van der Waals surface area contributed by atoms with E-state index in [9.17, 15) is 9.59 Å². The van der Waals surface area contributed by atoms with E-state index in [0.717, 1.165) is 25.2 Å². The molecule has 13 heavy (non-hydrogen) atoms. The van der Waals surface area contributed by atoms with Gasteiger partial charge in [0.2, 0.25) is 0 Å². The SMILES string of the molecule is O=c1ssc(=O)n1-c1ccccn1. The number of aromatic nitrogens is 2. The molecule has 0 aliphatic rings. The van der Waals surface area contributed by atoms with Gasteiger partial charge in [0.05, 0.1) is 0 Å². The molecule has 0 atom stereocenters. The van der Waals surface area contributed by atoms with Gasteiger partial charge in [0.15, 0.2) is 0 Å². The minimum Gasteiger partial charge on any atom is -0.255 e. The van der Waals surface area contributed by atoms with Gasteiger partial charge in [-0.05, 0) is 32.8 Å². The summed E-state index contributed by atoms with van der Waals surface area (Å²) in [6.45, 7) is 0. The van der Waals surface area contributed by atoms with E-state index in [1.165, 1.54) is 0 Å². The van der Waals surface area contributed by atoms with Gasteiger partial charge < -0.3 is 0 Å². The minimum atomic E-state index is -0.284. The van der Waals surface area contributed by atoms with Gasteiger partial charge in [-0.15, -0.1) is 0 Å². The topological polar surface area (TPSA) is 52.0 Å². The molecule has 0 aliphatic heterocycles. The van der Waals surface area contributed by atoms with Crippen molar-refractivity contribution in [1.82, 2.24) is 9.55 Å². The van der Waals surface area contributed by atoms with Crippen LogP contribution < -0.4 is 9.75 Å². The fourth-order valence-electron chi connectivity index (χ4n) is 0.893. The summed E-state index contributed by atoms with van der Waals surface area (Å²) < 4.78 is 1.06. The summed E-state index contributed by atoms with van der Waals surface area (Å²) in [7, 11) is 1.84. The zero-order valence-electron chi connectivity index (χ0n) is 6.34. The molecule has 2 heterocycles. The highest BCUT2D eigenvalue weighted by molar-refractivity contribution is 7.67. The fraction of sp³-hybridized carbons (Fsp3) is 0. The standard InChI is InChI=1S/C7H4N2O2S2/c10-6-9(7(11)13-12-6)5-3-1-2-4-8-5/h1-4H. The van der Waals surface area contributed by atoms with Crippen molar-refractivity contribution in [3.8, 4) is 5.82 Å². The van der Waals surface area contributed by atoms with E-state index in [1.54, 1.807) is 24.4 Å². The Kier molecular flexibility index (Phi) is 2.07. The Morgan fingerprint density at radius 2 is 1.85 bits per heavy atom. The van der Waals surface area contributed by atoms with Crippen molar-refractivity contribution < 1.29 is 0 Å². The Hall–Kier alpha value is -1.27. The molecular weight excluding hydrogens is 208 g/mol. The second-order valence-corrected chi connectivity index (χ2v) is 4.25. The first kappa shape index (κ1) is 8.33. The maximum atomic E-state index is 11.2. The summed E-state index contributed by atoms with van der Waals surface area (Å²) >= 11 is 0. The van der Waals surface area contributed by atoms with Crippen molar-refractivity contribution >= 4 is 20.7 Å². The summed E-state index contributed by atoms with van der Waals surface area (Å²) in [6, 6.07) is 5.09. The van der Waals surface area contributed by atoms with Gasteiger partial charge in [-0.1, -0.05) is 6.07 Å². The maximum absolute atomic E-state index is 11.2. The van der Waals surface area contributed by atoms with E-state index in [0.29, 0.717) is 5.82 Å². The molecule has 2 rings (SSSR count). The van der Waals surface area contributed by atoms with Gasteiger partial charge in [-0.3, -0.25) is 9.59 Å². The predicted molar refractivity (Wildman–Crippen MR) is 51.9 cm³/mol. The molecule has 6 heteroatoms. The Morgan fingerprint density at radius 3 is 2.38 bits per heavy atom. The molecule has 0 unspecified atom stereocenters. The lowest BCUT2D eigenvalue weighted by atomic mass is 10.5. The van der Waals surface area contributed by atoms with Crippen molar-refractivity contribution in [3.63, 3.8) is 0 Å². The van der Waals surface area contributed by atoms with Crippen LogP contribution in [0.5, 0.6) is 0 Å². The molecule has 66 valence electrons. The molecule has 0 aromatic carbocycles. The molecule has 0 spiro atoms. The summed E-state index contributed by atoms with van der Waals surface area (Å²) in [4.78, 5) is 25.7. The summed E-state index contributed by atoms with van der Waals surface area (Å²) in [5.41, 5.74) is 0. The molecule has 2 aromatic rings. The van der Waals surface area contributed by atoms with E-state index >= 15 is 0 Å². The molecule has 0 saturated heterocycles. The first-order valence-corrected chi connectivity index (χ1v) is 5.57. The van der Waals surface area contributed by atoms with Crippen LogP contribution in [0.25, 0.3) is 5.82 Å². The molecule has 0 saturated carbocycles. The first-order valence-electron chi connectivity index (χ1n) is 3.42. The molecular formula is C7H4N2O2S2. The summed E-state index contributed by atoms with van der Waals surface area (Å²) in [5.74, 6) is 0.384. The third kappa shape index (κ3) is 1.45. The van der Waals surface area contributed by atoms with Gasteiger partial charge >= 0.3 is 9.75 Å². The average molecular weight is 212 g/mol. The van der Waals surface area contributed by atoms with Gasteiger partial charge in [0, 0.05) is 6.20 Å². The zero-order chi connectivity index (χ0) is 9.26. The molecule has 4 nitrogen and oxygen atoms in total. The van der Waals surface area contributed by atoms with Gasteiger partial charge in [0.25, 0.3) is 0 Å². The van der Waals surface area contributed by atoms with Crippen LogP contribution in [0, 0.1) is 0 Å². The van der Waals surface area contributed by atoms with Crippen LogP contribution in [0.3, 0.4) is 0 Å². The van der Waals surface area contributed by atoms with Crippen molar-refractivity contribution in [2.75, 3.05) is 0 Å². The zero-order valence-corrected chi connectivity index (χ0v) is 7.97. The second-order valence-electron chi connectivity index (χ2n) is 2.22. The predicted octanol–water partition coefficient (Wildman–Crippen LogP) is 0.716. The van der Waals surface area contributed by atoms with Crippen LogP contribution in [-0.4, -0.2) is 9.55 Å². The van der Waals surface area contributed by atoms with Gasteiger partial charge in [0.1, 0.15) is 5.82 Å². The van der Waals surface area contributed by atoms with Crippen molar-refractivity contribution in [1.29, 1.82) is 0 Å². The Bertz CT molecular complexity index is 484. The molecule has 2 aromatic heterocycles. The van der Waals surface area contributed by atoms with Crippen LogP contribution in [0.1, 0.15) is 0 Å². The van der Waals surface area contributed by atoms with Crippen LogP contribution >= 0.6 is 20.7 Å². The lowest BCUT2D eigenvalue weighted by molar-refractivity contribution is 0.953. The highest BCUT2D eigenvalue weighted by Gasteiger charge is 2.06. The summed E-state index contributed by atoms with van der Waals surface area (Å²) in [5, 5.41) is 0. The lowest BCUT2D eigenvalue weighted by Gasteiger charge is -1.94. The minimum absolute atomic E-state index is 0.284. The van der Waals surface area contributed by atoms with E-state index in [1.807, 2.05) is 0 Å². The average Bonchev–Trinajstić information content (AvgIpc) is 2.48. The van der Waals surface area contributed by atoms with E-state index in [-0.39, 0.29) is 9.75 Å². The molecule has 0 fully saturated rings. The normalized spacial score (nSPS) is 10.2. The first-order chi connectivity index (χ1) is 6.29. The van der Waals surface area contributed by atoms with Crippen molar-refractivity contribution in [3.05, 3.63) is 43.7 Å². The van der Waals surface area contributed by atoms with Gasteiger partial charge in [-0.2, -0.15) is 0 Å². The Balaban J connectivity index is 2.73. The third-order valence-electron chi connectivity index (χ3n) is 1.43. The quantitative estimate of drug-likeness (QED) is 0.654. The van der Waals surface area contributed by atoms with Crippen LogP contribution in [0.2, 0.25) is 0 Å². The smallest absolute Gasteiger partial charge is 0.255 e. The number of pyridine rings is 1. The number of nitrogens with zero attached hydrogens (tertiary/aromatic N) is 2. The van der Waals surface area contributed by atoms with E-state index < -0.39 is 0 Å². The van der Waals surface area contributed by atoms with Crippen LogP contribution in [0.15, 0.2) is 34.0 Å². The van der Waals surface area contributed by atoms with E-state index in [2.05, 4.69) is 4.98 Å². The van der Waals surface area contributed by atoms with Crippen LogP contribution in [-0.2, 0) is 0 Å².